The van der Waals surface area contributed by atoms with E-state index < -0.39 is 11.5 Å². The van der Waals surface area contributed by atoms with Gasteiger partial charge in [0.25, 0.3) is 0 Å². The van der Waals surface area contributed by atoms with Crippen LogP contribution in [0.15, 0.2) is 78.4 Å². The van der Waals surface area contributed by atoms with Crippen molar-refractivity contribution in [3.8, 4) is 0 Å². The standard InChI is InChI=1S/C27H24O3/c1-30-26(29)19-12-10-18(11-13-19)16-27(17-22-8-4-5-9-24(22)25(27)28)23-14-20-6-2-3-7-21(20)15-23/h2-14,25,28H,15-17H2,1H3/t25-,27-/m0/s1. The molecule has 0 aliphatic heterocycles. The summed E-state index contributed by atoms with van der Waals surface area (Å²) in [7, 11) is 1.39. The highest BCUT2D eigenvalue weighted by Gasteiger charge is 2.48. The molecule has 0 amide bonds. The SMILES string of the molecule is COC(=O)c1ccc(C[C@@]2(C3=Cc4ccccc4C3)Cc3ccccc3[C@@H]2O)cc1. The van der Waals surface area contributed by atoms with E-state index in [-0.39, 0.29) is 5.97 Å². The van der Waals surface area contributed by atoms with Crippen molar-refractivity contribution in [2.24, 2.45) is 5.41 Å². The topological polar surface area (TPSA) is 46.5 Å². The van der Waals surface area contributed by atoms with Crippen molar-refractivity contribution < 1.29 is 14.6 Å². The lowest BCUT2D eigenvalue weighted by molar-refractivity contribution is 0.0599. The Bertz CT molecular complexity index is 1140. The lowest BCUT2D eigenvalue weighted by Crippen LogP contribution is -2.31. The molecule has 3 aromatic carbocycles. The van der Waals surface area contributed by atoms with Gasteiger partial charge in [-0.1, -0.05) is 72.3 Å². The van der Waals surface area contributed by atoms with Gasteiger partial charge in [-0.25, -0.2) is 4.79 Å². The maximum absolute atomic E-state index is 11.8. The van der Waals surface area contributed by atoms with Gasteiger partial charge in [-0.05, 0) is 59.2 Å². The summed E-state index contributed by atoms with van der Waals surface area (Å²) in [5.41, 5.74) is 7.34. The van der Waals surface area contributed by atoms with Crippen LogP contribution < -0.4 is 0 Å². The van der Waals surface area contributed by atoms with Crippen LogP contribution in [0.2, 0.25) is 0 Å². The van der Waals surface area contributed by atoms with E-state index in [0.29, 0.717) is 12.0 Å². The molecule has 3 nitrogen and oxygen atoms in total. The lowest BCUT2D eigenvalue weighted by Gasteiger charge is -2.35. The smallest absolute Gasteiger partial charge is 0.337 e. The number of methoxy groups -OCH3 is 1. The first kappa shape index (κ1) is 18.8. The molecule has 2 atom stereocenters. The molecule has 0 radical (unpaired) electrons. The molecule has 0 fully saturated rings. The van der Waals surface area contributed by atoms with Crippen LogP contribution in [0.5, 0.6) is 0 Å². The fraction of sp³-hybridized carbons (Fsp3) is 0.222. The van der Waals surface area contributed by atoms with Crippen molar-refractivity contribution in [1.82, 2.24) is 0 Å². The van der Waals surface area contributed by atoms with Crippen LogP contribution in [0, 0.1) is 5.41 Å². The summed E-state index contributed by atoms with van der Waals surface area (Å²) in [6.07, 6.45) is 4.09. The molecule has 1 N–H and O–H groups in total. The van der Waals surface area contributed by atoms with Crippen molar-refractivity contribution in [3.05, 3.63) is 112 Å². The Morgan fingerprint density at radius 2 is 1.70 bits per heavy atom. The Kier molecular flexibility index (Phi) is 4.56. The third-order valence-electron chi connectivity index (χ3n) is 6.68. The number of aliphatic hydroxyl groups excluding tert-OH is 1. The summed E-state index contributed by atoms with van der Waals surface area (Å²) in [5, 5.41) is 11.6. The van der Waals surface area contributed by atoms with Crippen LogP contribution in [0.25, 0.3) is 6.08 Å². The Morgan fingerprint density at radius 1 is 1.00 bits per heavy atom. The number of esters is 1. The Balaban J connectivity index is 1.55. The summed E-state index contributed by atoms with van der Waals surface area (Å²) in [6, 6.07) is 24.3. The molecular weight excluding hydrogens is 372 g/mol. The lowest BCUT2D eigenvalue weighted by atomic mass is 9.70. The summed E-state index contributed by atoms with van der Waals surface area (Å²) in [5.74, 6) is -0.335. The number of ether oxygens (including phenoxy) is 1. The first-order valence-corrected chi connectivity index (χ1v) is 10.3. The van der Waals surface area contributed by atoms with E-state index in [0.717, 1.165) is 24.0 Å². The number of hydrogen-bond donors (Lipinski definition) is 1. The van der Waals surface area contributed by atoms with Gasteiger partial charge < -0.3 is 9.84 Å². The highest BCUT2D eigenvalue weighted by Crippen LogP contribution is 2.54. The van der Waals surface area contributed by atoms with Gasteiger partial charge >= 0.3 is 5.97 Å². The molecule has 2 aliphatic carbocycles. The molecular formula is C27H24O3. The van der Waals surface area contributed by atoms with Crippen LogP contribution in [-0.4, -0.2) is 18.2 Å². The molecule has 0 bridgehead atoms. The predicted octanol–water partition coefficient (Wildman–Crippen LogP) is 4.93. The second kappa shape index (κ2) is 7.26. The average molecular weight is 396 g/mol. The van der Waals surface area contributed by atoms with Crippen LogP contribution >= 0.6 is 0 Å². The van der Waals surface area contributed by atoms with Gasteiger partial charge in [0.15, 0.2) is 0 Å². The summed E-state index contributed by atoms with van der Waals surface area (Å²) in [6.45, 7) is 0. The van der Waals surface area contributed by atoms with Crippen LogP contribution in [0.3, 0.4) is 0 Å². The molecule has 0 saturated carbocycles. The van der Waals surface area contributed by atoms with Crippen molar-refractivity contribution in [2.75, 3.05) is 7.11 Å². The number of fused-ring (bicyclic) bond motifs is 2. The van der Waals surface area contributed by atoms with Crippen LogP contribution in [-0.2, 0) is 24.0 Å². The number of rotatable bonds is 4. The summed E-state index contributed by atoms with van der Waals surface area (Å²) >= 11 is 0. The highest BCUT2D eigenvalue weighted by atomic mass is 16.5. The third kappa shape index (κ3) is 2.98. The third-order valence-corrected chi connectivity index (χ3v) is 6.68. The maximum atomic E-state index is 11.8. The second-order valence-corrected chi connectivity index (χ2v) is 8.34. The number of benzene rings is 3. The van der Waals surface area contributed by atoms with E-state index in [1.165, 1.54) is 29.4 Å². The number of carbonyl (C=O) groups excluding carboxylic acids is 1. The predicted molar refractivity (Wildman–Crippen MR) is 117 cm³/mol. The fourth-order valence-electron chi connectivity index (χ4n) is 5.10. The van der Waals surface area contributed by atoms with Gasteiger partial charge in [0.05, 0.1) is 18.8 Å². The number of carbonyl (C=O) groups is 1. The van der Waals surface area contributed by atoms with Crippen molar-refractivity contribution >= 4 is 12.0 Å². The molecule has 0 spiro atoms. The van der Waals surface area contributed by atoms with Gasteiger partial charge in [-0.2, -0.15) is 0 Å². The zero-order valence-corrected chi connectivity index (χ0v) is 17.0. The molecule has 5 rings (SSSR count). The van der Waals surface area contributed by atoms with E-state index in [1.807, 2.05) is 30.3 Å². The van der Waals surface area contributed by atoms with Crippen molar-refractivity contribution in [3.63, 3.8) is 0 Å². The Hall–Kier alpha value is -3.17. The molecule has 0 heterocycles. The van der Waals surface area contributed by atoms with E-state index in [4.69, 9.17) is 4.74 Å². The molecule has 3 heteroatoms. The second-order valence-electron chi connectivity index (χ2n) is 8.34. The first-order chi connectivity index (χ1) is 14.6. The summed E-state index contributed by atoms with van der Waals surface area (Å²) < 4.78 is 4.82. The Morgan fingerprint density at radius 3 is 2.40 bits per heavy atom. The average Bonchev–Trinajstić information content (AvgIpc) is 3.34. The van der Waals surface area contributed by atoms with Crippen molar-refractivity contribution in [1.29, 1.82) is 0 Å². The number of hydrogen-bond acceptors (Lipinski definition) is 3. The van der Waals surface area contributed by atoms with Crippen LogP contribution in [0.4, 0.5) is 0 Å². The molecule has 0 aromatic heterocycles. The fourth-order valence-corrected chi connectivity index (χ4v) is 5.10. The molecule has 0 saturated heterocycles. The normalized spacial score (nSPS) is 21.7. The van der Waals surface area contributed by atoms with Gasteiger partial charge in [0.2, 0.25) is 0 Å². The van der Waals surface area contributed by atoms with Gasteiger partial charge in [-0.3, -0.25) is 0 Å². The van der Waals surface area contributed by atoms with Gasteiger partial charge in [0, 0.05) is 5.41 Å². The largest absolute Gasteiger partial charge is 0.465 e. The summed E-state index contributed by atoms with van der Waals surface area (Å²) in [4.78, 5) is 11.8. The molecule has 2 aliphatic rings. The van der Waals surface area contributed by atoms with E-state index in [9.17, 15) is 9.90 Å². The van der Waals surface area contributed by atoms with Gasteiger partial charge in [0.1, 0.15) is 0 Å². The van der Waals surface area contributed by atoms with Crippen LogP contribution in [0.1, 0.15) is 44.3 Å². The zero-order chi connectivity index (χ0) is 20.7. The minimum atomic E-state index is -0.561. The number of aliphatic hydroxyl groups is 1. The quantitative estimate of drug-likeness (QED) is 0.636. The van der Waals surface area contributed by atoms with E-state index >= 15 is 0 Å². The molecule has 3 aromatic rings. The minimum absolute atomic E-state index is 0.335. The van der Waals surface area contributed by atoms with E-state index in [2.05, 4.69) is 36.4 Å². The maximum Gasteiger partial charge on any atom is 0.337 e. The minimum Gasteiger partial charge on any atom is -0.465 e. The molecule has 0 unspecified atom stereocenters. The first-order valence-electron chi connectivity index (χ1n) is 10.3. The molecule has 150 valence electrons. The monoisotopic (exact) mass is 396 g/mol. The zero-order valence-electron chi connectivity index (χ0n) is 17.0. The van der Waals surface area contributed by atoms with Crippen molar-refractivity contribution in [2.45, 2.75) is 25.4 Å². The van der Waals surface area contributed by atoms with E-state index in [1.54, 1.807) is 12.1 Å². The molecule has 30 heavy (non-hydrogen) atoms. The highest BCUT2D eigenvalue weighted by molar-refractivity contribution is 5.89. The Labute approximate surface area is 176 Å². The van der Waals surface area contributed by atoms with Gasteiger partial charge in [-0.15, -0.1) is 0 Å².